The monoisotopic (exact) mass is 187 g/mol. The minimum atomic E-state index is 0.358. The van der Waals surface area contributed by atoms with Gasteiger partial charge in [-0.2, -0.15) is 0 Å². The molecule has 2 nitrogen and oxygen atoms in total. The van der Waals surface area contributed by atoms with Gasteiger partial charge in [-0.1, -0.05) is 0 Å². The number of hydrogen-bond acceptors (Lipinski definition) is 3. The molecule has 70 valence electrons. The number of ether oxygens (including phenoxy) is 1. The Morgan fingerprint density at radius 2 is 2.00 bits per heavy atom. The van der Waals surface area contributed by atoms with E-state index in [1.165, 1.54) is 25.1 Å². The first-order chi connectivity index (χ1) is 5.70. The topological polar surface area (TPSA) is 21.3 Å². The highest BCUT2D eigenvalue weighted by Crippen LogP contribution is 2.40. The molecule has 0 aliphatic carbocycles. The number of rotatable bonds is 0. The van der Waals surface area contributed by atoms with Gasteiger partial charge < -0.3 is 10.1 Å². The van der Waals surface area contributed by atoms with Crippen molar-refractivity contribution in [2.45, 2.75) is 43.8 Å². The molecule has 2 heterocycles. The van der Waals surface area contributed by atoms with Gasteiger partial charge in [0, 0.05) is 25.1 Å². The lowest BCUT2D eigenvalue weighted by molar-refractivity contribution is -0.0473. The Bertz CT molecular complexity index is 156. The van der Waals surface area contributed by atoms with Crippen LogP contribution in [0.2, 0.25) is 0 Å². The second-order valence-corrected chi connectivity index (χ2v) is 5.41. The predicted molar refractivity (Wildman–Crippen MR) is 52.4 cm³/mol. The molecule has 1 N–H and O–H groups in total. The molecule has 0 amide bonds. The Balaban J connectivity index is 2.04. The Hall–Kier alpha value is 0.270. The van der Waals surface area contributed by atoms with Crippen LogP contribution in [0.3, 0.4) is 0 Å². The summed E-state index contributed by atoms with van der Waals surface area (Å²) in [5, 5.41) is 3.62. The second kappa shape index (κ2) is 3.20. The fourth-order valence-corrected chi connectivity index (χ4v) is 3.85. The van der Waals surface area contributed by atoms with Crippen molar-refractivity contribution in [2.75, 3.05) is 12.3 Å². The lowest BCUT2D eigenvalue weighted by Crippen LogP contribution is -2.47. The summed E-state index contributed by atoms with van der Waals surface area (Å²) in [5.41, 5.74) is 0. The van der Waals surface area contributed by atoms with Gasteiger partial charge in [0.2, 0.25) is 0 Å². The van der Waals surface area contributed by atoms with Gasteiger partial charge in [-0.15, -0.1) is 11.8 Å². The predicted octanol–water partition coefficient (Wildman–Crippen LogP) is 1.61. The van der Waals surface area contributed by atoms with E-state index in [0.717, 1.165) is 0 Å². The van der Waals surface area contributed by atoms with E-state index < -0.39 is 0 Å². The van der Waals surface area contributed by atoms with Crippen molar-refractivity contribution in [3.05, 3.63) is 0 Å². The molecule has 2 atom stereocenters. The zero-order valence-electron chi connectivity index (χ0n) is 7.80. The largest absolute Gasteiger partial charge is 0.375 e. The molecule has 2 fully saturated rings. The molecule has 3 heteroatoms. The zero-order chi connectivity index (χ0) is 8.60. The Kier molecular flexibility index (Phi) is 2.36. The van der Waals surface area contributed by atoms with Gasteiger partial charge in [-0.3, -0.25) is 0 Å². The van der Waals surface area contributed by atoms with Gasteiger partial charge in [0.15, 0.2) is 0 Å². The van der Waals surface area contributed by atoms with Gasteiger partial charge >= 0.3 is 0 Å². The molecule has 2 aliphatic rings. The summed E-state index contributed by atoms with van der Waals surface area (Å²) in [7, 11) is 0. The van der Waals surface area contributed by atoms with Crippen molar-refractivity contribution in [1.82, 2.24) is 5.32 Å². The van der Waals surface area contributed by atoms with Crippen LogP contribution in [0, 0.1) is 0 Å². The third-order valence-corrected chi connectivity index (χ3v) is 4.07. The normalized spacial score (nSPS) is 48.5. The molecular weight excluding hydrogens is 170 g/mol. The van der Waals surface area contributed by atoms with E-state index in [2.05, 4.69) is 30.9 Å². The molecule has 0 saturated carbocycles. The molecule has 2 saturated heterocycles. The Morgan fingerprint density at radius 3 is 2.50 bits per heavy atom. The highest BCUT2D eigenvalue weighted by atomic mass is 32.2. The first kappa shape index (κ1) is 8.85. The van der Waals surface area contributed by atoms with Crippen LogP contribution in [0.15, 0.2) is 0 Å². The van der Waals surface area contributed by atoms with Crippen LogP contribution in [0.4, 0.5) is 0 Å². The third-order valence-electron chi connectivity index (χ3n) is 2.63. The van der Waals surface area contributed by atoms with Crippen molar-refractivity contribution >= 4 is 11.8 Å². The maximum atomic E-state index is 5.72. The average Bonchev–Trinajstić information content (AvgIpc) is 2.33. The molecule has 0 aromatic heterocycles. The molecule has 0 bridgehead atoms. The van der Waals surface area contributed by atoms with Gasteiger partial charge in [-0.05, 0) is 13.8 Å². The molecule has 2 unspecified atom stereocenters. The van der Waals surface area contributed by atoms with Crippen molar-refractivity contribution in [2.24, 2.45) is 0 Å². The standard InChI is InChI=1S/C9H17NOS/c1-7-5-9(6-8(2)11-7)10-3-4-12-9/h7-8,10H,3-6H2,1-2H3. The highest BCUT2D eigenvalue weighted by Gasteiger charge is 2.40. The fraction of sp³-hybridized carbons (Fsp3) is 1.00. The summed E-state index contributed by atoms with van der Waals surface area (Å²) in [6.45, 7) is 5.53. The van der Waals surface area contributed by atoms with Crippen molar-refractivity contribution in [1.29, 1.82) is 0 Å². The molecule has 0 aromatic rings. The van der Waals surface area contributed by atoms with Gasteiger partial charge in [-0.25, -0.2) is 0 Å². The van der Waals surface area contributed by atoms with E-state index >= 15 is 0 Å². The SMILES string of the molecule is CC1CC2(CC(C)O1)NCCS2. The maximum Gasteiger partial charge on any atom is 0.0695 e. The summed E-state index contributed by atoms with van der Waals surface area (Å²) >= 11 is 2.08. The molecule has 0 aromatic carbocycles. The van der Waals surface area contributed by atoms with E-state index in [9.17, 15) is 0 Å². The molecule has 0 radical (unpaired) electrons. The summed E-state index contributed by atoms with van der Waals surface area (Å²) in [5.74, 6) is 1.26. The minimum Gasteiger partial charge on any atom is -0.375 e. The molecule has 2 rings (SSSR count). The number of thioether (sulfide) groups is 1. The number of hydrogen-bond donors (Lipinski definition) is 1. The Labute approximate surface area is 78.4 Å². The second-order valence-electron chi connectivity index (χ2n) is 3.94. The van der Waals surface area contributed by atoms with E-state index in [0.29, 0.717) is 17.1 Å². The average molecular weight is 187 g/mol. The van der Waals surface area contributed by atoms with E-state index in [-0.39, 0.29) is 0 Å². The molecule has 1 spiro atoms. The maximum absolute atomic E-state index is 5.72. The first-order valence-corrected chi connectivity index (χ1v) is 5.73. The van der Waals surface area contributed by atoms with Gasteiger partial charge in [0.1, 0.15) is 0 Å². The summed E-state index contributed by atoms with van der Waals surface area (Å²) in [6.07, 6.45) is 3.18. The third kappa shape index (κ3) is 1.63. The summed E-state index contributed by atoms with van der Waals surface area (Å²) in [4.78, 5) is 0.358. The van der Waals surface area contributed by atoms with Crippen LogP contribution in [0.5, 0.6) is 0 Å². The van der Waals surface area contributed by atoms with Crippen LogP contribution in [0.1, 0.15) is 26.7 Å². The van der Waals surface area contributed by atoms with Crippen molar-refractivity contribution < 1.29 is 4.74 Å². The smallest absolute Gasteiger partial charge is 0.0695 e. The quantitative estimate of drug-likeness (QED) is 0.622. The summed E-state index contributed by atoms with van der Waals surface area (Å²) in [6, 6.07) is 0. The van der Waals surface area contributed by atoms with Crippen LogP contribution in [-0.2, 0) is 4.74 Å². The molecule has 2 aliphatic heterocycles. The molecular formula is C9H17NOS. The van der Waals surface area contributed by atoms with Gasteiger partial charge in [0.25, 0.3) is 0 Å². The lowest BCUT2D eigenvalue weighted by Gasteiger charge is -2.39. The Morgan fingerprint density at radius 1 is 1.33 bits per heavy atom. The van der Waals surface area contributed by atoms with Crippen LogP contribution in [0.25, 0.3) is 0 Å². The van der Waals surface area contributed by atoms with Crippen LogP contribution >= 0.6 is 11.8 Å². The highest BCUT2D eigenvalue weighted by molar-refractivity contribution is 8.00. The summed E-state index contributed by atoms with van der Waals surface area (Å²) < 4.78 is 5.72. The van der Waals surface area contributed by atoms with E-state index in [4.69, 9.17) is 4.74 Å². The van der Waals surface area contributed by atoms with Crippen LogP contribution < -0.4 is 5.32 Å². The van der Waals surface area contributed by atoms with Crippen molar-refractivity contribution in [3.63, 3.8) is 0 Å². The fourth-order valence-electron chi connectivity index (χ4n) is 2.34. The number of nitrogens with one attached hydrogen (secondary N) is 1. The molecule has 12 heavy (non-hydrogen) atoms. The van der Waals surface area contributed by atoms with E-state index in [1.54, 1.807) is 0 Å². The van der Waals surface area contributed by atoms with Gasteiger partial charge in [0.05, 0.1) is 17.1 Å². The zero-order valence-corrected chi connectivity index (χ0v) is 8.62. The minimum absolute atomic E-state index is 0.358. The van der Waals surface area contributed by atoms with Crippen molar-refractivity contribution in [3.8, 4) is 0 Å². The van der Waals surface area contributed by atoms with E-state index in [1.807, 2.05) is 0 Å². The lowest BCUT2D eigenvalue weighted by atomic mass is 9.99. The first-order valence-electron chi connectivity index (χ1n) is 4.75. The van der Waals surface area contributed by atoms with Crippen LogP contribution in [-0.4, -0.2) is 29.4 Å².